The number of hydrogen-bond donors (Lipinski definition) is 0. The van der Waals surface area contributed by atoms with Crippen LogP contribution in [0.2, 0.25) is 0 Å². The van der Waals surface area contributed by atoms with Crippen molar-refractivity contribution in [2.45, 2.75) is 12.8 Å². The van der Waals surface area contributed by atoms with E-state index >= 15 is 0 Å². The number of amides is 1. The average molecular weight is 345 g/mol. The van der Waals surface area contributed by atoms with Crippen LogP contribution in [-0.4, -0.2) is 83.8 Å². The summed E-state index contributed by atoms with van der Waals surface area (Å²) in [6.45, 7) is 4.36. The molecule has 1 amide bonds. The first-order chi connectivity index (χ1) is 5.84. The Labute approximate surface area is 123 Å². The molecule has 1 aliphatic rings. The Hall–Kier alpha value is 0.651. The van der Waals surface area contributed by atoms with Crippen molar-refractivity contribution < 1.29 is 22.3 Å². The second-order valence-corrected chi connectivity index (χ2v) is 3.10. The summed E-state index contributed by atoms with van der Waals surface area (Å²) < 4.78 is 34.1. The number of carbonyl (C=O) groups excluding carboxylic acids is 1. The van der Waals surface area contributed by atoms with E-state index in [0.29, 0.717) is 6.42 Å². The van der Waals surface area contributed by atoms with E-state index in [4.69, 9.17) is 17.5 Å². The molecule has 0 aromatic carbocycles. The summed E-state index contributed by atoms with van der Waals surface area (Å²) in [6, 6.07) is 0. The van der Waals surface area contributed by atoms with Crippen LogP contribution in [0.1, 0.15) is 12.8 Å². The second kappa shape index (κ2) is 7.88. The van der Waals surface area contributed by atoms with Crippen molar-refractivity contribution in [2.24, 2.45) is 0 Å². The predicted molar refractivity (Wildman–Crippen MR) is 47.4 cm³/mol. The normalized spacial score (nSPS) is 15.3. The summed E-state index contributed by atoms with van der Waals surface area (Å²) in [5.74, 6) is 0.208. The van der Waals surface area contributed by atoms with E-state index in [9.17, 15) is 4.79 Å². The molecule has 14 heavy (non-hydrogen) atoms. The van der Waals surface area contributed by atoms with E-state index < -0.39 is 10.4 Å². The van der Waals surface area contributed by atoms with Gasteiger partial charge in [-0.05, 0) is 12.6 Å². The fourth-order valence-electron chi connectivity index (χ4n) is 0.862. The zero-order valence-corrected chi connectivity index (χ0v) is 12.8. The molecule has 0 atom stereocenters. The van der Waals surface area contributed by atoms with Gasteiger partial charge >= 0.3 is 48.9 Å². The zero-order valence-electron chi connectivity index (χ0n) is 7.51. The van der Waals surface area contributed by atoms with Crippen molar-refractivity contribution in [3.8, 4) is 0 Å². The maximum absolute atomic E-state index is 10.7. The minimum atomic E-state index is -5.17. The Balaban J connectivity index is 0. The van der Waals surface area contributed by atoms with Crippen molar-refractivity contribution in [3.63, 3.8) is 0 Å². The molecule has 0 N–H and O–H groups in total. The van der Waals surface area contributed by atoms with Gasteiger partial charge < -0.3 is 14.0 Å². The van der Waals surface area contributed by atoms with E-state index in [-0.39, 0.29) is 54.8 Å². The Bertz CT molecular complexity index is 281. The Morgan fingerprint density at radius 1 is 1.43 bits per heavy atom. The molecule has 0 aliphatic carbocycles. The molecule has 0 unspecified atom stereocenters. The maximum atomic E-state index is 10.7. The molecule has 1 saturated heterocycles. The van der Waals surface area contributed by atoms with Crippen LogP contribution in [0.15, 0.2) is 12.8 Å². The molecular weight excluding hydrogens is 335 g/mol. The standard InChI is InChI=1S/C6H9NO.Ba.H2O4S/c1-2-7-5-3-4-6(7)8;;1-5(2,3)4/h2H,1,3-5H2;;(H2,1,2,3,4)/q;+2;/p-2. The van der Waals surface area contributed by atoms with Gasteiger partial charge in [-0.2, -0.15) is 0 Å². The first kappa shape index (κ1) is 17.1. The molecule has 1 rings (SSSR count). The van der Waals surface area contributed by atoms with E-state index in [0.717, 1.165) is 13.0 Å². The van der Waals surface area contributed by atoms with Crippen molar-refractivity contribution in [2.75, 3.05) is 6.54 Å². The Morgan fingerprint density at radius 2 is 1.86 bits per heavy atom. The van der Waals surface area contributed by atoms with Gasteiger partial charge in [-0.1, -0.05) is 6.58 Å². The summed E-state index contributed by atoms with van der Waals surface area (Å²) in [5, 5.41) is 0. The first-order valence-corrected chi connectivity index (χ1v) is 4.76. The number of carbonyl (C=O) groups is 1. The van der Waals surface area contributed by atoms with E-state index in [1.165, 1.54) is 0 Å². The molecular formula is C6H9BaNO5S. The summed E-state index contributed by atoms with van der Waals surface area (Å²) in [7, 11) is -5.17. The fraction of sp³-hybridized carbons (Fsp3) is 0.500. The molecule has 76 valence electrons. The number of hydrogen-bond acceptors (Lipinski definition) is 5. The van der Waals surface area contributed by atoms with Crippen LogP contribution in [-0.2, 0) is 15.2 Å². The van der Waals surface area contributed by atoms with Crippen LogP contribution in [0.5, 0.6) is 0 Å². The van der Waals surface area contributed by atoms with Gasteiger partial charge in [-0.3, -0.25) is 13.2 Å². The molecule has 1 heterocycles. The molecule has 1 aliphatic heterocycles. The van der Waals surface area contributed by atoms with Gasteiger partial charge in [0.25, 0.3) is 0 Å². The molecule has 0 saturated carbocycles. The van der Waals surface area contributed by atoms with Gasteiger partial charge in [-0.25, -0.2) is 0 Å². The van der Waals surface area contributed by atoms with Crippen LogP contribution in [0.3, 0.4) is 0 Å². The molecule has 6 nitrogen and oxygen atoms in total. The summed E-state index contributed by atoms with van der Waals surface area (Å²) >= 11 is 0. The van der Waals surface area contributed by atoms with Crippen LogP contribution >= 0.6 is 0 Å². The quantitative estimate of drug-likeness (QED) is 0.346. The average Bonchev–Trinajstić information content (AvgIpc) is 2.31. The minimum Gasteiger partial charge on any atom is -0.759 e. The molecule has 0 spiro atoms. The van der Waals surface area contributed by atoms with Crippen molar-refractivity contribution in [3.05, 3.63) is 12.8 Å². The first-order valence-electron chi connectivity index (χ1n) is 3.43. The van der Waals surface area contributed by atoms with Crippen LogP contribution in [0.4, 0.5) is 0 Å². The van der Waals surface area contributed by atoms with Gasteiger partial charge in [-0.15, -0.1) is 0 Å². The number of nitrogens with zero attached hydrogens (tertiary/aromatic N) is 1. The molecule has 0 radical (unpaired) electrons. The molecule has 1 fully saturated rings. The fourth-order valence-corrected chi connectivity index (χ4v) is 0.862. The van der Waals surface area contributed by atoms with Crippen LogP contribution in [0, 0.1) is 0 Å². The predicted octanol–water partition coefficient (Wildman–Crippen LogP) is -0.967. The van der Waals surface area contributed by atoms with Crippen LogP contribution < -0.4 is 0 Å². The maximum Gasteiger partial charge on any atom is 2.00 e. The minimum absolute atomic E-state index is 0. The van der Waals surface area contributed by atoms with Crippen molar-refractivity contribution in [1.29, 1.82) is 0 Å². The van der Waals surface area contributed by atoms with E-state index in [1.54, 1.807) is 11.1 Å². The van der Waals surface area contributed by atoms with Gasteiger partial charge in [0, 0.05) is 23.4 Å². The van der Waals surface area contributed by atoms with E-state index in [2.05, 4.69) is 6.58 Å². The second-order valence-electron chi connectivity index (χ2n) is 2.28. The zero-order chi connectivity index (χ0) is 10.5. The number of likely N-dealkylation sites (tertiary alicyclic amines) is 1. The van der Waals surface area contributed by atoms with Gasteiger partial charge in [0.2, 0.25) is 5.91 Å². The third-order valence-corrected chi connectivity index (χ3v) is 1.33. The molecule has 8 heteroatoms. The molecule has 0 bridgehead atoms. The van der Waals surface area contributed by atoms with Gasteiger partial charge in [0.15, 0.2) is 0 Å². The summed E-state index contributed by atoms with van der Waals surface area (Å²) in [6.07, 6.45) is 3.28. The SMILES string of the molecule is C=CN1CCCC1=O.O=S(=O)([O-])[O-].[Ba+2]. The summed E-state index contributed by atoms with van der Waals surface area (Å²) in [5.41, 5.74) is 0. The monoisotopic (exact) mass is 345 g/mol. The Kier molecular flexibility index (Phi) is 9.60. The van der Waals surface area contributed by atoms with Gasteiger partial charge in [0.1, 0.15) is 0 Å². The van der Waals surface area contributed by atoms with E-state index in [1.807, 2.05) is 0 Å². The largest absolute Gasteiger partial charge is 2.00 e. The summed E-state index contributed by atoms with van der Waals surface area (Å²) in [4.78, 5) is 12.3. The Morgan fingerprint density at radius 3 is 2.00 bits per heavy atom. The molecule has 0 aromatic rings. The van der Waals surface area contributed by atoms with Crippen molar-refractivity contribution >= 4 is 65.2 Å². The smallest absolute Gasteiger partial charge is 0.759 e. The van der Waals surface area contributed by atoms with Crippen LogP contribution in [0.25, 0.3) is 0 Å². The van der Waals surface area contributed by atoms with Crippen molar-refractivity contribution in [1.82, 2.24) is 4.90 Å². The third-order valence-electron chi connectivity index (χ3n) is 1.33. The molecule has 0 aromatic heterocycles. The van der Waals surface area contributed by atoms with Gasteiger partial charge in [0.05, 0.1) is 0 Å². The third kappa shape index (κ3) is 10.7. The number of rotatable bonds is 1. The topological polar surface area (TPSA) is 101 Å².